The maximum absolute atomic E-state index is 12.1. The van der Waals surface area contributed by atoms with Crippen molar-refractivity contribution in [2.24, 2.45) is 4.99 Å². The molecule has 2 rings (SSSR count). The molecule has 1 aliphatic carbocycles. The highest BCUT2D eigenvalue weighted by atomic mass is 32.1. The topological polar surface area (TPSA) is 69.6 Å². The lowest BCUT2D eigenvalue weighted by Gasteiger charge is -2.24. The first-order valence-electron chi connectivity index (χ1n) is 8.20. The van der Waals surface area contributed by atoms with E-state index in [4.69, 9.17) is 0 Å². The predicted octanol–water partition coefficient (Wildman–Crippen LogP) is 1.91. The molecule has 1 aromatic heterocycles. The van der Waals surface area contributed by atoms with Gasteiger partial charge in [0.2, 0.25) is 5.91 Å². The summed E-state index contributed by atoms with van der Waals surface area (Å²) < 4.78 is 0. The van der Waals surface area contributed by atoms with Crippen molar-refractivity contribution in [2.75, 3.05) is 20.6 Å². The molecule has 0 aromatic carbocycles. The van der Waals surface area contributed by atoms with Gasteiger partial charge >= 0.3 is 0 Å². The van der Waals surface area contributed by atoms with Crippen LogP contribution in [-0.4, -0.2) is 48.4 Å². The molecule has 0 bridgehead atoms. The highest BCUT2D eigenvalue weighted by molar-refractivity contribution is 7.09. The molecule has 0 atom stereocenters. The van der Waals surface area contributed by atoms with Crippen LogP contribution in [0.4, 0.5) is 0 Å². The molecule has 0 saturated heterocycles. The molecule has 1 heterocycles. The number of aliphatic imine (C=N–C) groups is 1. The third-order valence-corrected chi connectivity index (χ3v) is 4.84. The van der Waals surface area contributed by atoms with Crippen LogP contribution in [0.15, 0.2) is 10.4 Å². The van der Waals surface area contributed by atoms with Gasteiger partial charge in [-0.05, 0) is 19.8 Å². The molecular formula is C16H27N5OS. The molecule has 0 aliphatic heterocycles. The number of amides is 1. The second-order valence-corrected chi connectivity index (χ2v) is 7.08. The van der Waals surface area contributed by atoms with E-state index in [-0.39, 0.29) is 12.5 Å². The van der Waals surface area contributed by atoms with Crippen LogP contribution >= 0.6 is 11.3 Å². The van der Waals surface area contributed by atoms with E-state index >= 15 is 0 Å². The lowest BCUT2D eigenvalue weighted by Crippen LogP contribution is -2.46. The maximum atomic E-state index is 12.1. The van der Waals surface area contributed by atoms with Crippen molar-refractivity contribution in [1.29, 1.82) is 0 Å². The number of rotatable bonds is 5. The lowest BCUT2D eigenvalue weighted by atomic mass is 9.95. The Kier molecular flexibility index (Phi) is 6.83. The summed E-state index contributed by atoms with van der Waals surface area (Å²) in [4.78, 5) is 22.7. The number of carbonyl (C=O) groups excluding carboxylic acids is 1. The van der Waals surface area contributed by atoms with Gasteiger partial charge in [0.1, 0.15) is 0 Å². The fraction of sp³-hybridized carbons (Fsp3) is 0.688. The van der Waals surface area contributed by atoms with E-state index in [1.807, 2.05) is 18.9 Å². The average molecular weight is 337 g/mol. The van der Waals surface area contributed by atoms with Gasteiger partial charge in [0, 0.05) is 25.5 Å². The standard InChI is InChI=1S/C16H27N5OS/c1-12-19-14(11-23-12)10-21(3)16(17-2)18-9-15(22)20-13-7-5-4-6-8-13/h11,13H,4-10H2,1-3H3,(H,17,18)(H,20,22). The Bertz CT molecular complexity index is 536. The summed E-state index contributed by atoms with van der Waals surface area (Å²) in [6.45, 7) is 2.93. The van der Waals surface area contributed by atoms with Crippen LogP contribution in [0.5, 0.6) is 0 Å². The van der Waals surface area contributed by atoms with Crippen molar-refractivity contribution >= 4 is 23.2 Å². The van der Waals surface area contributed by atoms with Crippen LogP contribution in [0.2, 0.25) is 0 Å². The Morgan fingerprint density at radius 2 is 2.17 bits per heavy atom. The molecule has 6 nitrogen and oxygen atoms in total. The Labute approximate surface area is 142 Å². The number of guanidine groups is 1. The molecule has 1 aromatic rings. The fourth-order valence-electron chi connectivity index (χ4n) is 2.87. The number of carbonyl (C=O) groups is 1. The summed E-state index contributed by atoms with van der Waals surface area (Å²) in [5, 5.41) is 9.34. The van der Waals surface area contributed by atoms with Gasteiger partial charge in [0.05, 0.1) is 23.8 Å². The minimum Gasteiger partial charge on any atom is -0.352 e. The quantitative estimate of drug-likeness (QED) is 0.636. The van der Waals surface area contributed by atoms with Gasteiger partial charge in [-0.2, -0.15) is 0 Å². The summed E-state index contributed by atoms with van der Waals surface area (Å²) in [6, 6.07) is 0.343. The molecule has 1 aliphatic rings. The lowest BCUT2D eigenvalue weighted by molar-refractivity contribution is -0.120. The first-order chi connectivity index (χ1) is 11.1. The average Bonchev–Trinajstić information content (AvgIpc) is 2.94. The molecule has 1 fully saturated rings. The minimum absolute atomic E-state index is 0.0379. The summed E-state index contributed by atoms with van der Waals surface area (Å²) in [6.07, 6.45) is 5.93. The third kappa shape index (κ3) is 5.82. The Morgan fingerprint density at radius 3 is 2.78 bits per heavy atom. The number of thiazole rings is 1. The minimum atomic E-state index is 0.0379. The number of nitrogens with one attached hydrogen (secondary N) is 2. The van der Waals surface area contributed by atoms with Gasteiger partial charge < -0.3 is 15.5 Å². The van der Waals surface area contributed by atoms with Gasteiger partial charge in [0.25, 0.3) is 0 Å². The predicted molar refractivity (Wildman–Crippen MR) is 94.7 cm³/mol. The number of hydrogen-bond acceptors (Lipinski definition) is 4. The number of nitrogens with zero attached hydrogens (tertiary/aromatic N) is 3. The molecule has 1 amide bonds. The summed E-state index contributed by atoms with van der Waals surface area (Å²) in [7, 11) is 3.67. The van der Waals surface area contributed by atoms with E-state index in [0.29, 0.717) is 18.5 Å². The monoisotopic (exact) mass is 337 g/mol. The molecule has 2 N–H and O–H groups in total. The highest BCUT2D eigenvalue weighted by Gasteiger charge is 2.16. The van der Waals surface area contributed by atoms with E-state index < -0.39 is 0 Å². The van der Waals surface area contributed by atoms with Crippen LogP contribution in [0, 0.1) is 6.92 Å². The van der Waals surface area contributed by atoms with Crippen LogP contribution in [0.25, 0.3) is 0 Å². The van der Waals surface area contributed by atoms with Crippen molar-refractivity contribution in [3.05, 3.63) is 16.1 Å². The number of aromatic nitrogens is 1. The van der Waals surface area contributed by atoms with E-state index in [1.165, 1.54) is 19.3 Å². The molecule has 0 unspecified atom stereocenters. The smallest absolute Gasteiger partial charge is 0.239 e. The molecule has 0 radical (unpaired) electrons. The molecule has 128 valence electrons. The second-order valence-electron chi connectivity index (χ2n) is 6.02. The normalized spacial score (nSPS) is 16.2. The van der Waals surface area contributed by atoms with E-state index in [2.05, 4.69) is 26.0 Å². The maximum Gasteiger partial charge on any atom is 0.239 e. The number of aryl methyl sites for hydroxylation is 1. The SMILES string of the molecule is CN=C(NCC(=O)NC1CCCCC1)N(C)Cc1csc(C)n1. The van der Waals surface area contributed by atoms with Crippen molar-refractivity contribution in [2.45, 2.75) is 51.6 Å². The van der Waals surface area contributed by atoms with Crippen LogP contribution in [0.1, 0.15) is 42.8 Å². The zero-order valence-electron chi connectivity index (χ0n) is 14.3. The van der Waals surface area contributed by atoms with Crippen molar-refractivity contribution < 1.29 is 4.79 Å². The summed E-state index contributed by atoms with van der Waals surface area (Å²) in [5.74, 6) is 0.741. The molecule has 23 heavy (non-hydrogen) atoms. The molecule has 1 saturated carbocycles. The zero-order valence-corrected chi connectivity index (χ0v) is 15.1. The van der Waals surface area contributed by atoms with E-state index in [1.54, 1.807) is 18.4 Å². The van der Waals surface area contributed by atoms with Gasteiger partial charge in [-0.15, -0.1) is 11.3 Å². The summed E-state index contributed by atoms with van der Waals surface area (Å²) >= 11 is 1.64. The Morgan fingerprint density at radius 1 is 1.43 bits per heavy atom. The Hall–Kier alpha value is -1.63. The van der Waals surface area contributed by atoms with Gasteiger partial charge in [-0.3, -0.25) is 9.79 Å². The van der Waals surface area contributed by atoms with E-state index in [9.17, 15) is 4.79 Å². The van der Waals surface area contributed by atoms with Crippen molar-refractivity contribution in [3.63, 3.8) is 0 Å². The van der Waals surface area contributed by atoms with E-state index in [0.717, 1.165) is 23.5 Å². The third-order valence-electron chi connectivity index (χ3n) is 4.02. The van der Waals surface area contributed by atoms with Crippen molar-refractivity contribution in [3.8, 4) is 0 Å². The van der Waals surface area contributed by atoms with Gasteiger partial charge in [-0.1, -0.05) is 19.3 Å². The molecular weight excluding hydrogens is 310 g/mol. The van der Waals surface area contributed by atoms with Crippen molar-refractivity contribution in [1.82, 2.24) is 20.5 Å². The van der Waals surface area contributed by atoms with Crippen LogP contribution in [-0.2, 0) is 11.3 Å². The summed E-state index contributed by atoms with van der Waals surface area (Å²) in [5.41, 5.74) is 1.02. The first-order valence-corrected chi connectivity index (χ1v) is 9.08. The highest BCUT2D eigenvalue weighted by Crippen LogP contribution is 2.17. The van der Waals surface area contributed by atoms with Crippen LogP contribution in [0.3, 0.4) is 0 Å². The Balaban J connectivity index is 1.76. The largest absolute Gasteiger partial charge is 0.352 e. The second kappa shape index (κ2) is 8.86. The van der Waals surface area contributed by atoms with Gasteiger partial charge in [0.15, 0.2) is 5.96 Å². The van der Waals surface area contributed by atoms with Gasteiger partial charge in [-0.25, -0.2) is 4.98 Å². The van der Waals surface area contributed by atoms with Crippen LogP contribution < -0.4 is 10.6 Å². The first kappa shape index (κ1) is 17.7. The number of hydrogen-bond donors (Lipinski definition) is 2. The fourth-order valence-corrected chi connectivity index (χ4v) is 3.47. The molecule has 0 spiro atoms. The molecule has 7 heteroatoms. The zero-order chi connectivity index (χ0) is 16.7.